The van der Waals surface area contributed by atoms with Gasteiger partial charge in [-0.15, -0.1) is 0 Å². The van der Waals surface area contributed by atoms with E-state index in [1.54, 1.807) is 12.1 Å². The highest BCUT2D eigenvalue weighted by Crippen LogP contribution is 2.22. The molecule has 1 aromatic carbocycles. The Morgan fingerprint density at radius 3 is 2.47 bits per heavy atom. The van der Waals surface area contributed by atoms with Gasteiger partial charge in [-0.25, -0.2) is 4.79 Å². The summed E-state index contributed by atoms with van der Waals surface area (Å²) in [6.45, 7) is 1.31. The molecule has 1 atom stereocenters. The highest BCUT2D eigenvalue weighted by atomic mass is 16.4. The van der Waals surface area contributed by atoms with E-state index in [1.165, 1.54) is 19.1 Å². The monoisotopic (exact) mass is 209 g/mol. The SMILES string of the molecule is CC(=O)Nc1ccccc1[C@@H](O)C(=O)O. The van der Waals surface area contributed by atoms with Crippen molar-refractivity contribution in [2.75, 3.05) is 5.32 Å². The molecule has 0 spiro atoms. The summed E-state index contributed by atoms with van der Waals surface area (Å²) in [4.78, 5) is 21.4. The van der Waals surface area contributed by atoms with E-state index >= 15 is 0 Å². The maximum absolute atomic E-state index is 10.8. The molecule has 0 aliphatic carbocycles. The van der Waals surface area contributed by atoms with Crippen molar-refractivity contribution in [3.63, 3.8) is 0 Å². The third kappa shape index (κ3) is 2.78. The van der Waals surface area contributed by atoms with Crippen LogP contribution in [0.4, 0.5) is 5.69 Å². The van der Waals surface area contributed by atoms with Crippen LogP contribution in [0.25, 0.3) is 0 Å². The van der Waals surface area contributed by atoms with Gasteiger partial charge in [-0.2, -0.15) is 0 Å². The molecule has 80 valence electrons. The largest absolute Gasteiger partial charge is 0.479 e. The van der Waals surface area contributed by atoms with Crippen molar-refractivity contribution in [3.05, 3.63) is 29.8 Å². The van der Waals surface area contributed by atoms with E-state index in [0.717, 1.165) is 0 Å². The summed E-state index contributed by atoms with van der Waals surface area (Å²) in [6, 6.07) is 6.21. The molecule has 15 heavy (non-hydrogen) atoms. The zero-order chi connectivity index (χ0) is 11.4. The first-order valence-electron chi connectivity index (χ1n) is 4.29. The Hall–Kier alpha value is -1.88. The molecule has 0 bridgehead atoms. The van der Waals surface area contributed by atoms with Crippen molar-refractivity contribution >= 4 is 17.6 Å². The zero-order valence-electron chi connectivity index (χ0n) is 8.10. The number of hydrogen-bond donors (Lipinski definition) is 3. The summed E-state index contributed by atoms with van der Waals surface area (Å²) in [5.74, 6) is -1.67. The molecule has 0 heterocycles. The molecule has 0 saturated heterocycles. The third-order valence-electron chi connectivity index (χ3n) is 1.80. The number of para-hydroxylation sites is 1. The molecule has 5 nitrogen and oxygen atoms in total. The lowest BCUT2D eigenvalue weighted by molar-refractivity contribution is -0.146. The zero-order valence-corrected chi connectivity index (χ0v) is 8.10. The van der Waals surface area contributed by atoms with Crippen LogP contribution in [-0.4, -0.2) is 22.1 Å². The standard InChI is InChI=1S/C10H11NO4/c1-6(12)11-8-5-3-2-4-7(8)9(13)10(14)15/h2-5,9,13H,1H3,(H,11,12)(H,14,15)/t9-/m1/s1. The Labute approximate surface area is 86.4 Å². The quantitative estimate of drug-likeness (QED) is 0.686. The molecular weight excluding hydrogens is 198 g/mol. The minimum Gasteiger partial charge on any atom is -0.479 e. The van der Waals surface area contributed by atoms with Gasteiger partial charge in [-0.05, 0) is 6.07 Å². The second-order valence-corrected chi connectivity index (χ2v) is 3.01. The van der Waals surface area contributed by atoms with Gasteiger partial charge < -0.3 is 15.5 Å². The minimum absolute atomic E-state index is 0.167. The van der Waals surface area contributed by atoms with Crippen LogP contribution in [0.1, 0.15) is 18.6 Å². The number of carboxylic acid groups (broad SMARTS) is 1. The maximum Gasteiger partial charge on any atom is 0.337 e. The molecule has 0 aromatic heterocycles. The van der Waals surface area contributed by atoms with Crippen molar-refractivity contribution < 1.29 is 19.8 Å². The van der Waals surface area contributed by atoms with Crippen LogP contribution < -0.4 is 5.32 Å². The van der Waals surface area contributed by atoms with Gasteiger partial charge in [0.05, 0.1) is 0 Å². The van der Waals surface area contributed by atoms with Gasteiger partial charge >= 0.3 is 5.97 Å². The number of carboxylic acids is 1. The van der Waals surface area contributed by atoms with Crippen LogP contribution in [0.2, 0.25) is 0 Å². The summed E-state index contributed by atoms with van der Waals surface area (Å²) in [6.07, 6.45) is -1.63. The number of aliphatic hydroxyl groups excluding tert-OH is 1. The number of carbonyl (C=O) groups is 2. The predicted molar refractivity (Wildman–Crippen MR) is 53.3 cm³/mol. The average molecular weight is 209 g/mol. The van der Waals surface area contributed by atoms with Crippen molar-refractivity contribution in [1.82, 2.24) is 0 Å². The lowest BCUT2D eigenvalue weighted by atomic mass is 10.1. The second kappa shape index (κ2) is 4.56. The van der Waals surface area contributed by atoms with Crippen LogP contribution in [0.5, 0.6) is 0 Å². The highest BCUT2D eigenvalue weighted by molar-refractivity contribution is 5.90. The summed E-state index contributed by atoms with van der Waals surface area (Å²) in [7, 11) is 0. The number of hydrogen-bond acceptors (Lipinski definition) is 3. The lowest BCUT2D eigenvalue weighted by Crippen LogP contribution is -2.15. The molecule has 0 saturated carbocycles. The first kappa shape index (κ1) is 11.2. The van der Waals surface area contributed by atoms with Crippen LogP contribution in [0.3, 0.4) is 0 Å². The Balaban J connectivity index is 3.05. The van der Waals surface area contributed by atoms with Gasteiger partial charge in [0, 0.05) is 18.2 Å². The molecule has 0 unspecified atom stereocenters. The summed E-state index contributed by atoms with van der Waals surface area (Å²) in [5.41, 5.74) is 0.472. The summed E-state index contributed by atoms with van der Waals surface area (Å²) >= 11 is 0. The third-order valence-corrected chi connectivity index (χ3v) is 1.80. The van der Waals surface area contributed by atoms with Crippen LogP contribution in [-0.2, 0) is 9.59 Å². The van der Waals surface area contributed by atoms with E-state index < -0.39 is 12.1 Å². The molecule has 1 aromatic rings. The predicted octanol–water partition coefficient (Wildman–Crippen LogP) is 0.763. The van der Waals surface area contributed by atoms with Crippen LogP contribution in [0.15, 0.2) is 24.3 Å². The van der Waals surface area contributed by atoms with Gasteiger partial charge in [-0.3, -0.25) is 4.79 Å². The Morgan fingerprint density at radius 2 is 1.93 bits per heavy atom. The maximum atomic E-state index is 10.8. The normalized spacial score (nSPS) is 11.9. The minimum atomic E-state index is -1.63. The van der Waals surface area contributed by atoms with E-state index in [1.807, 2.05) is 0 Å². The van der Waals surface area contributed by atoms with Gasteiger partial charge in [0.2, 0.25) is 5.91 Å². The van der Waals surface area contributed by atoms with Crippen molar-refractivity contribution in [2.45, 2.75) is 13.0 Å². The molecule has 3 N–H and O–H groups in total. The van der Waals surface area contributed by atoms with Gasteiger partial charge in [0.15, 0.2) is 6.10 Å². The van der Waals surface area contributed by atoms with Crippen molar-refractivity contribution in [2.24, 2.45) is 0 Å². The number of carbonyl (C=O) groups excluding carboxylic acids is 1. The summed E-state index contributed by atoms with van der Waals surface area (Å²) in [5, 5.41) is 20.4. The Kier molecular flexibility index (Phi) is 3.41. The molecule has 0 fully saturated rings. The number of benzene rings is 1. The fourth-order valence-electron chi connectivity index (χ4n) is 1.17. The van der Waals surface area contributed by atoms with Gasteiger partial charge in [0.1, 0.15) is 0 Å². The Morgan fingerprint density at radius 1 is 1.33 bits per heavy atom. The van der Waals surface area contributed by atoms with E-state index in [0.29, 0.717) is 5.69 Å². The smallest absolute Gasteiger partial charge is 0.337 e. The molecule has 0 radical (unpaired) electrons. The first-order chi connectivity index (χ1) is 7.02. The van der Waals surface area contributed by atoms with Crippen molar-refractivity contribution in [1.29, 1.82) is 0 Å². The number of aliphatic hydroxyl groups is 1. The van der Waals surface area contributed by atoms with E-state index in [2.05, 4.69) is 5.32 Å². The second-order valence-electron chi connectivity index (χ2n) is 3.01. The number of amides is 1. The fraction of sp³-hybridized carbons (Fsp3) is 0.200. The average Bonchev–Trinajstić information content (AvgIpc) is 2.16. The topological polar surface area (TPSA) is 86.6 Å². The number of nitrogens with one attached hydrogen (secondary N) is 1. The molecule has 5 heteroatoms. The highest BCUT2D eigenvalue weighted by Gasteiger charge is 2.19. The molecule has 0 aliphatic heterocycles. The number of aliphatic carboxylic acids is 1. The lowest BCUT2D eigenvalue weighted by Gasteiger charge is -2.11. The summed E-state index contributed by atoms with van der Waals surface area (Å²) < 4.78 is 0. The van der Waals surface area contributed by atoms with E-state index in [-0.39, 0.29) is 11.5 Å². The van der Waals surface area contributed by atoms with Crippen LogP contribution in [0, 0.1) is 0 Å². The van der Waals surface area contributed by atoms with E-state index in [4.69, 9.17) is 5.11 Å². The van der Waals surface area contributed by atoms with Crippen molar-refractivity contribution in [3.8, 4) is 0 Å². The molecular formula is C10H11NO4. The first-order valence-corrected chi connectivity index (χ1v) is 4.29. The van der Waals surface area contributed by atoms with Crippen LogP contribution >= 0.6 is 0 Å². The van der Waals surface area contributed by atoms with E-state index in [9.17, 15) is 14.7 Å². The number of rotatable bonds is 3. The Bertz CT molecular complexity index is 389. The number of anilines is 1. The molecule has 1 rings (SSSR count). The fourth-order valence-corrected chi connectivity index (χ4v) is 1.17. The van der Waals surface area contributed by atoms with Gasteiger partial charge in [-0.1, -0.05) is 18.2 Å². The van der Waals surface area contributed by atoms with Gasteiger partial charge in [0.25, 0.3) is 0 Å². The molecule has 1 amide bonds. The molecule has 0 aliphatic rings.